The van der Waals surface area contributed by atoms with Crippen molar-refractivity contribution < 1.29 is 9.53 Å². The predicted octanol–water partition coefficient (Wildman–Crippen LogP) is 1.15. The van der Waals surface area contributed by atoms with Crippen LogP contribution in [0.25, 0.3) is 0 Å². The molecule has 1 aromatic rings. The number of carbonyl (C=O) groups is 1. The molecular formula is C17H30N4O2. The molecule has 0 unspecified atom stereocenters. The van der Waals surface area contributed by atoms with Crippen LogP contribution in [0.5, 0.6) is 0 Å². The highest BCUT2D eigenvalue weighted by Gasteiger charge is 2.18. The summed E-state index contributed by atoms with van der Waals surface area (Å²) >= 11 is 0. The molecule has 1 aromatic heterocycles. The maximum atomic E-state index is 12.2. The van der Waals surface area contributed by atoms with E-state index in [1.54, 1.807) is 0 Å². The summed E-state index contributed by atoms with van der Waals surface area (Å²) in [6.07, 6.45) is 1.00. The molecule has 130 valence electrons. The van der Waals surface area contributed by atoms with Gasteiger partial charge in [0.05, 0.1) is 25.5 Å². The van der Waals surface area contributed by atoms with Crippen molar-refractivity contribution in [3.8, 4) is 0 Å². The lowest BCUT2D eigenvalue weighted by Crippen LogP contribution is -2.43. The molecule has 1 saturated heterocycles. The predicted molar refractivity (Wildman–Crippen MR) is 90.5 cm³/mol. The van der Waals surface area contributed by atoms with E-state index in [2.05, 4.69) is 29.2 Å². The number of hydrogen-bond donors (Lipinski definition) is 1. The van der Waals surface area contributed by atoms with Gasteiger partial charge in [0.25, 0.3) is 0 Å². The molecule has 23 heavy (non-hydrogen) atoms. The van der Waals surface area contributed by atoms with Gasteiger partial charge >= 0.3 is 0 Å². The molecule has 1 atom stereocenters. The first kappa shape index (κ1) is 17.9. The number of rotatable bonds is 7. The number of amides is 1. The molecule has 0 radical (unpaired) electrons. The molecule has 2 rings (SSSR count). The Morgan fingerprint density at radius 3 is 2.65 bits per heavy atom. The Morgan fingerprint density at radius 2 is 2.04 bits per heavy atom. The Morgan fingerprint density at radius 1 is 1.35 bits per heavy atom. The Balaban J connectivity index is 1.75. The number of aromatic nitrogens is 2. The molecular weight excluding hydrogens is 292 g/mol. The number of morpholine rings is 1. The highest BCUT2D eigenvalue weighted by molar-refractivity contribution is 5.78. The fraction of sp³-hybridized carbons (Fsp3) is 0.765. The third kappa shape index (κ3) is 4.78. The third-order valence-electron chi connectivity index (χ3n) is 4.59. The molecule has 1 aliphatic rings. The second-order valence-electron chi connectivity index (χ2n) is 6.33. The quantitative estimate of drug-likeness (QED) is 0.818. The Bertz CT molecular complexity index is 521. The van der Waals surface area contributed by atoms with Crippen molar-refractivity contribution in [1.29, 1.82) is 0 Å². The summed E-state index contributed by atoms with van der Waals surface area (Å²) < 4.78 is 7.34. The van der Waals surface area contributed by atoms with E-state index < -0.39 is 0 Å². The van der Waals surface area contributed by atoms with Gasteiger partial charge in [-0.25, -0.2) is 0 Å². The molecule has 1 fully saturated rings. The zero-order chi connectivity index (χ0) is 16.8. The molecule has 6 nitrogen and oxygen atoms in total. The molecule has 0 bridgehead atoms. The Labute approximate surface area is 139 Å². The monoisotopic (exact) mass is 322 g/mol. The average molecular weight is 322 g/mol. The van der Waals surface area contributed by atoms with E-state index >= 15 is 0 Å². The van der Waals surface area contributed by atoms with Crippen molar-refractivity contribution in [2.24, 2.45) is 5.92 Å². The molecule has 0 aromatic carbocycles. The number of ether oxygens (including phenoxy) is 1. The lowest BCUT2D eigenvalue weighted by Gasteiger charge is -2.28. The number of carbonyl (C=O) groups excluding carboxylic acids is 1. The van der Waals surface area contributed by atoms with Crippen LogP contribution in [0.4, 0.5) is 0 Å². The molecule has 1 amide bonds. The summed E-state index contributed by atoms with van der Waals surface area (Å²) in [5.41, 5.74) is 3.62. The second-order valence-corrected chi connectivity index (χ2v) is 6.33. The first-order valence-corrected chi connectivity index (χ1v) is 8.63. The number of aryl methyl sites for hydroxylation is 1. The van der Waals surface area contributed by atoms with Gasteiger partial charge < -0.3 is 10.1 Å². The number of nitrogens with one attached hydrogen (secondary N) is 1. The highest BCUT2D eigenvalue weighted by atomic mass is 16.5. The summed E-state index contributed by atoms with van der Waals surface area (Å²) in [5, 5.41) is 7.60. The van der Waals surface area contributed by atoms with Crippen molar-refractivity contribution in [2.75, 3.05) is 39.4 Å². The Kier molecular flexibility index (Phi) is 6.59. The lowest BCUT2D eigenvalue weighted by molar-refractivity contribution is -0.125. The van der Waals surface area contributed by atoms with E-state index in [1.807, 2.05) is 18.5 Å². The van der Waals surface area contributed by atoms with Crippen LogP contribution in [0, 0.1) is 19.8 Å². The van der Waals surface area contributed by atoms with Crippen molar-refractivity contribution in [3.63, 3.8) is 0 Å². The van der Waals surface area contributed by atoms with Gasteiger partial charge in [-0.1, -0.05) is 13.8 Å². The van der Waals surface area contributed by atoms with Crippen LogP contribution in [-0.4, -0.2) is 60.0 Å². The van der Waals surface area contributed by atoms with Gasteiger partial charge in [0.15, 0.2) is 0 Å². The van der Waals surface area contributed by atoms with E-state index in [9.17, 15) is 4.79 Å². The number of nitrogens with zero attached hydrogens (tertiary/aromatic N) is 3. The maximum absolute atomic E-state index is 12.2. The van der Waals surface area contributed by atoms with Crippen molar-refractivity contribution in [1.82, 2.24) is 20.0 Å². The zero-order valence-corrected chi connectivity index (χ0v) is 14.9. The van der Waals surface area contributed by atoms with Crippen LogP contribution in [-0.2, 0) is 22.5 Å². The molecule has 2 heterocycles. The molecule has 6 heteroatoms. The standard InChI is InChI=1S/C17H30N4O2/c1-5-16-14(3)19-21(15(16)4)7-6-18-17(22)13(2)12-20-8-10-23-11-9-20/h13H,5-12H2,1-4H3,(H,18,22)/t13-/m0/s1. The lowest BCUT2D eigenvalue weighted by atomic mass is 10.1. The van der Waals surface area contributed by atoms with Crippen LogP contribution in [0.1, 0.15) is 30.8 Å². The average Bonchev–Trinajstić information content (AvgIpc) is 2.81. The molecule has 0 saturated carbocycles. The summed E-state index contributed by atoms with van der Waals surface area (Å²) in [5.74, 6) is 0.119. The van der Waals surface area contributed by atoms with Gasteiger partial charge in [0.1, 0.15) is 0 Å². The van der Waals surface area contributed by atoms with Crippen LogP contribution >= 0.6 is 0 Å². The minimum Gasteiger partial charge on any atom is -0.379 e. The van der Waals surface area contributed by atoms with Crippen molar-refractivity contribution >= 4 is 5.91 Å². The molecule has 1 aliphatic heterocycles. The largest absolute Gasteiger partial charge is 0.379 e. The number of hydrogen-bond acceptors (Lipinski definition) is 4. The van der Waals surface area contributed by atoms with E-state index in [4.69, 9.17) is 4.74 Å². The van der Waals surface area contributed by atoms with Gasteiger partial charge in [0.2, 0.25) is 5.91 Å². The summed E-state index contributed by atoms with van der Waals surface area (Å²) in [6.45, 7) is 13.8. The SMILES string of the molecule is CCc1c(C)nn(CCNC(=O)[C@@H](C)CN2CCOCC2)c1C. The summed E-state index contributed by atoms with van der Waals surface area (Å²) in [6, 6.07) is 0. The van der Waals surface area contributed by atoms with Gasteiger partial charge in [-0.15, -0.1) is 0 Å². The van der Waals surface area contributed by atoms with Gasteiger partial charge in [0, 0.05) is 37.8 Å². The Hall–Kier alpha value is -1.40. The first-order chi connectivity index (χ1) is 11.0. The zero-order valence-electron chi connectivity index (χ0n) is 14.9. The molecule has 0 aliphatic carbocycles. The molecule has 1 N–H and O–H groups in total. The van der Waals surface area contributed by atoms with Crippen LogP contribution in [0.2, 0.25) is 0 Å². The maximum Gasteiger partial charge on any atom is 0.224 e. The van der Waals surface area contributed by atoms with Crippen LogP contribution in [0.15, 0.2) is 0 Å². The van der Waals surface area contributed by atoms with Crippen LogP contribution < -0.4 is 5.32 Å². The van der Waals surface area contributed by atoms with Gasteiger partial charge in [-0.2, -0.15) is 5.10 Å². The minimum absolute atomic E-state index is 0.000225. The van der Waals surface area contributed by atoms with Gasteiger partial charge in [-0.05, 0) is 25.8 Å². The second kappa shape index (κ2) is 8.45. The molecule has 0 spiro atoms. The van der Waals surface area contributed by atoms with Gasteiger partial charge in [-0.3, -0.25) is 14.4 Å². The van der Waals surface area contributed by atoms with Crippen LogP contribution in [0.3, 0.4) is 0 Å². The van der Waals surface area contributed by atoms with E-state index in [0.717, 1.165) is 51.5 Å². The van der Waals surface area contributed by atoms with Crippen molar-refractivity contribution in [2.45, 2.75) is 40.7 Å². The van der Waals surface area contributed by atoms with E-state index in [0.29, 0.717) is 6.54 Å². The summed E-state index contributed by atoms with van der Waals surface area (Å²) in [4.78, 5) is 14.5. The van der Waals surface area contributed by atoms with E-state index in [-0.39, 0.29) is 11.8 Å². The summed E-state index contributed by atoms with van der Waals surface area (Å²) in [7, 11) is 0. The topological polar surface area (TPSA) is 59.4 Å². The minimum atomic E-state index is -0.000225. The fourth-order valence-corrected chi connectivity index (χ4v) is 3.18. The van der Waals surface area contributed by atoms with E-state index in [1.165, 1.54) is 11.3 Å². The highest BCUT2D eigenvalue weighted by Crippen LogP contribution is 2.13. The van der Waals surface area contributed by atoms with Crippen molar-refractivity contribution in [3.05, 3.63) is 17.0 Å². The third-order valence-corrected chi connectivity index (χ3v) is 4.59. The smallest absolute Gasteiger partial charge is 0.224 e. The normalized spacial score (nSPS) is 17.2. The first-order valence-electron chi connectivity index (χ1n) is 8.63. The fourth-order valence-electron chi connectivity index (χ4n) is 3.18.